The van der Waals surface area contributed by atoms with Crippen LogP contribution in [0.4, 0.5) is 21.9 Å². The first-order chi connectivity index (χ1) is 14.3. The number of rotatable bonds is 8. The first kappa shape index (κ1) is 22.3. The molecule has 0 aliphatic rings. The summed E-state index contributed by atoms with van der Waals surface area (Å²) in [7, 11) is 0. The van der Waals surface area contributed by atoms with Gasteiger partial charge in [0.1, 0.15) is 5.69 Å². The molecular formula is C20H22N4O6. The largest absolute Gasteiger partial charge is 0.456 e. The van der Waals surface area contributed by atoms with Crippen molar-refractivity contribution in [1.82, 2.24) is 5.32 Å². The summed E-state index contributed by atoms with van der Waals surface area (Å²) in [6.45, 7) is 3.30. The Morgan fingerprint density at radius 3 is 2.50 bits per heavy atom. The Bertz CT molecular complexity index is 960. The van der Waals surface area contributed by atoms with Crippen LogP contribution in [0.25, 0.3) is 0 Å². The molecule has 0 bridgehead atoms. The Kier molecular flexibility index (Phi) is 7.86. The Labute approximate surface area is 172 Å². The third-order valence-electron chi connectivity index (χ3n) is 4.13. The maximum absolute atomic E-state index is 11.8. The molecule has 2 aromatic carbocycles. The van der Waals surface area contributed by atoms with Gasteiger partial charge in [-0.25, -0.2) is 4.79 Å². The lowest BCUT2D eigenvalue weighted by Crippen LogP contribution is -2.37. The van der Waals surface area contributed by atoms with Crippen molar-refractivity contribution in [2.75, 3.05) is 23.8 Å². The monoisotopic (exact) mass is 414 g/mol. The fourth-order valence-corrected chi connectivity index (χ4v) is 2.44. The van der Waals surface area contributed by atoms with Crippen LogP contribution in [0.5, 0.6) is 0 Å². The summed E-state index contributed by atoms with van der Waals surface area (Å²) in [6.07, 6.45) is -0.117. The molecule has 0 unspecified atom stereocenters. The van der Waals surface area contributed by atoms with Crippen molar-refractivity contribution in [2.24, 2.45) is 0 Å². The predicted octanol–water partition coefficient (Wildman–Crippen LogP) is 2.91. The molecule has 0 radical (unpaired) electrons. The number of para-hydroxylation sites is 2. The van der Waals surface area contributed by atoms with Gasteiger partial charge in [0.05, 0.1) is 11.3 Å². The third-order valence-corrected chi connectivity index (χ3v) is 4.13. The number of hydrogen-bond acceptors (Lipinski definition) is 7. The second kappa shape index (κ2) is 10.6. The molecule has 2 aromatic rings. The third kappa shape index (κ3) is 6.89. The van der Waals surface area contributed by atoms with Crippen molar-refractivity contribution in [2.45, 2.75) is 20.3 Å². The SMILES string of the molecule is Cc1ccc(NC(=O)NC(=O)COC(=O)CCNc2ccccc2[N+](=O)[O-])cc1C. The maximum Gasteiger partial charge on any atom is 0.325 e. The number of benzene rings is 2. The molecule has 10 nitrogen and oxygen atoms in total. The fourth-order valence-electron chi connectivity index (χ4n) is 2.44. The Balaban J connectivity index is 1.70. The van der Waals surface area contributed by atoms with Crippen LogP contribution in [-0.2, 0) is 14.3 Å². The summed E-state index contributed by atoms with van der Waals surface area (Å²) in [4.78, 5) is 45.7. The van der Waals surface area contributed by atoms with Gasteiger partial charge in [0, 0.05) is 18.3 Å². The second-order valence-corrected chi connectivity index (χ2v) is 6.41. The standard InChI is InChI=1S/C20H22N4O6/c1-13-7-8-15(11-14(13)2)22-20(27)23-18(25)12-30-19(26)9-10-21-16-5-3-4-6-17(16)24(28)29/h3-8,11,21H,9-10,12H2,1-2H3,(H2,22,23,25,27). The van der Waals surface area contributed by atoms with E-state index in [0.717, 1.165) is 11.1 Å². The van der Waals surface area contributed by atoms with E-state index >= 15 is 0 Å². The molecule has 0 aromatic heterocycles. The van der Waals surface area contributed by atoms with Crippen LogP contribution >= 0.6 is 0 Å². The van der Waals surface area contributed by atoms with E-state index in [9.17, 15) is 24.5 Å². The summed E-state index contributed by atoms with van der Waals surface area (Å²) in [5.74, 6) is -1.47. The van der Waals surface area contributed by atoms with Crippen molar-refractivity contribution in [3.63, 3.8) is 0 Å². The molecule has 10 heteroatoms. The molecule has 0 atom stereocenters. The molecule has 2 rings (SSSR count). The minimum Gasteiger partial charge on any atom is -0.456 e. The van der Waals surface area contributed by atoms with Crippen LogP contribution in [0.15, 0.2) is 42.5 Å². The first-order valence-corrected chi connectivity index (χ1v) is 9.07. The molecule has 0 aliphatic heterocycles. The number of nitrogens with zero attached hydrogens (tertiary/aromatic N) is 1. The molecule has 0 heterocycles. The van der Waals surface area contributed by atoms with Gasteiger partial charge in [-0.15, -0.1) is 0 Å². The van der Waals surface area contributed by atoms with Crippen molar-refractivity contribution in [3.8, 4) is 0 Å². The summed E-state index contributed by atoms with van der Waals surface area (Å²) in [5, 5.41) is 18.3. The Morgan fingerprint density at radius 2 is 1.80 bits per heavy atom. The van der Waals surface area contributed by atoms with E-state index < -0.39 is 29.4 Å². The number of aryl methyl sites for hydroxylation is 2. The summed E-state index contributed by atoms with van der Waals surface area (Å²) in [5.41, 5.74) is 2.75. The van der Waals surface area contributed by atoms with Crippen molar-refractivity contribution >= 4 is 35.0 Å². The van der Waals surface area contributed by atoms with E-state index in [4.69, 9.17) is 4.74 Å². The number of esters is 1. The zero-order valence-corrected chi connectivity index (χ0v) is 16.6. The highest BCUT2D eigenvalue weighted by molar-refractivity contribution is 6.01. The minimum atomic E-state index is -0.781. The molecule has 0 fully saturated rings. The molecular weight excluding hydrogens is 392 g/mol. The normalized spacial score (nSPS) is 10.1. The number of nitrogens with one attached hydrogen (secondary N) is 3. The van der Waals surface area contributed by atoms with Crippen LogP contribution in [0.3, 0.4) is 0 Å². The van der Waals surface area contributed by atoms with Crippen molar-refractivity contribution < 1.29 is 24.0 Å². The van der Waals surface area contributed by atoms with Gasteiger partial charge in [0.15, 0.2) is 6.61 Å². The van der Waals surface area contributed by atoms with E-state index in [1.807, 2.05) is 19.9 Å². The molecule has 30 heavy (non-hydrogen) atoms. The molecule has 0 saturated carbocycles. The maximum atomic E-state index is 11.8. The van der Waals surface area contributed by atoms with E-state index in [-0.39, 0.29) is 24.3 Å². The van der Waals surface area contributed by atoms with Crippen LogP contribution in [0.1, 0.15) is 17.5 Å². The number of anilines is 2. The number of hydrogen-bond donors (Lipinski definition) is 3. The Morgan fingerprint density at radius 1 is 1.07 bits per heavy atom. The molecule has 3 amide bonds. The van der Waals surface area contributed by atoms with Crippen molar-refractivity contribution in [1.29, 1.82) is 0 Å². The van der Waals surface area contributed by atoms with Gasteiger partial charge in [0.25, 0.3) is 11.6 Å². The summed E-state index contributed by atoms with van der Waals surface area (Å²) >= 11 is 0. The van der Waals surface area contributed by atoms with Gasteiger partial charge in [-0.2, -0.15) is 0 Å². The minimum absolute atomic E-state index is 0.0819. The molecule has 0 spiro atoms. The number of carbonyl (C=O) groups excluding carboxylic acids is 3. The molecule has 0 aliphatic carbocycles. The van der Waals surface area contributed by atoms with Crippen molar-refractivity contribution in [3.05, 3.63) is 63.7 Å². The van der Waals surface area contributed by atoms with E-state index in [1.54, 1.807) is 18.2 Å². The lowest BCUT2D eigenvalue weighted by Gasteiger charge is -2.09. The van der Waals surface area contributed by atoms with Crippen LogP contribution < -0.4 is 16.0 Å². The van der Waals surface area contributed by atoms with Crippen LogP contribution in [0, 0.1) is 24.0 Å². The number of imide groups is 1. The predicted molar refractivity (Wildman–Crippen MR) is 110 cm³/mol. The summed E-state index contributed by atoms with van der Waals surface area (Å²) < 4.78 is 4.80. The van der Waals surface area contributed by atoms with Crippen LogP contribution in [-0.4, -0.2) is 36.0 Å². The lowest BCUT2D eigenvalue weighted by molar-refractivity contribution is -0.384. The zero-order chi connectivity index (χ0) is 22.1. The zero-order valence-electron chi connectivity index (χ0n) is 16.6. The smallest absolute Gasteiger partial charge is 0.325 e. The average Bonchev–Trinajstić information content (AvgIpc) is 2.69. The van der Waals surface area contributed by atoms with E-state index in [2.05, 4.69) is 16.0 Å². The number of ether oxygens (including phenoxy) is 1. The number of urea groups is 1. The van der Waals surface area contributed by atoms with E-state index in [1.165, 1.54) is 18.2 Å². The average molecular weight is 414 g/mol. The number of carbonyl (C=O) groups is 3. The molecule has 3 N–H and O–H groups in total. The Hall–Kier alpha value is -3.95. The van der Waals surface area contributed by atoms with Gasteiger partial charge < -0.3 is 15.4 Å². The molecule has 0 saturated heterocycles. The highest BCUT2D eigenvalue weighted by Gasteiger charge is 2.14. The number of nitro benzene ring substituents is 1. The number of nitro groups is 1. The fraction of sp³-hybridized carbons (Fsp3) is 0.250. The first-order valence-electron chi connectivity index (χ1n) is 9.07. The quantitative estimate of drug-likeness (QED) is 0.343. The highest BCUT2D eigenvalue weighted by Crippen LogP contribution is 2.22. The van der Waals surface area contributed by atoms with E-state index in [0.29, 0.717) is 5.69 Å². The highest BCUT2D eigenvalue weighted by atomic mass is 16.6. The number of amides is 3. The van der Waals surface area contributed by atoms with Gasteiger partial charge in [-0.1, -0.05) is 18.2 Å². The van der Waals surface area contributed by atoms with Gasteiger partial charge >= 0.3 is 12.0 Å². The van der Waals surface area contributed by atoms with Crippen LogP contribution in [0.2, 0.25) is 0 Å². The topological polar surface area (TPSA) is 140 Å². The van der Waals surface area contributed by atoms with Gasteiger partial charge in [0.2, 0.25) is 0 Å². The molecule has 158 valence electrons. The second-order valence-electron chi connectivity index (χ2n) is 6.41. The van der Waals surface area contributed by atoms with Gasteiger partial charge in [-0.3, -0.25) is 25.0 Å². The summed E-state index contributed by atoms with van der Waals surface area (Å²) in [6, 6.07) is 10.6. The lowest BCUT2D eigenvalue weighted by atomic mass is 10.1. The van der Waals surface area contributed by atoms with Gasteiger partial charge in [-0.05, 0) is 43.2 Å².